The normalized spacial score (nSPS) is 10.3. The molecule has 0 aliphatic carbocycles. The molecule has 0 saturated carbocycles. The maximum Gasteiger partial charge on any atom is 0.252 e. The van der Waals surface area contributed by atoms with Gasteiger partial charge in [-0.25, -0.2) is 4.39 Å². The van der Waals surface area contributed by atoms with Crippen molar-refractivity contribution in [3.05, 3.63) is 63.9 Å². The fourth-order valence-corrected chi connectivity index (χ4v) is 2.62. The van der Waals surface area contributed by atoms with Crippen LogP contribution in [0.5, 0.6) is 0 Å². The average molecular weight is 354 g/mol. The van der Waals surface area contributed by atoms with Gasteiger partial charge in [-0.05, 0) is 42.3 Å². The van der Waals surface area contributed by atoms with Gasteiger partial charge in [-0.15, -0.1) is 12.6 Å². The van der Waals surface area contributed by atoms with Gasteiger partial charge in [0.2, 0.25) is 0 Å². The SMILES string of the molecule is O=C(NCCc1ccc(F)cc1)c1ccc(Br)cc1S. The average Bonchev–Trinajstić information content (AvgIpc) is 2.41. The standard InChI is InChI=1S/C15H13BrFNOS/c16-11-3-6-13(14(20)9-11)15(19)18-8-7-10-1-4-12(17)5-2-10/h1-6,9,20H,7-8H2,(H,18,19). The number of carbonyl (C=O) groups excluding carboxylic acids is 1. The maximum absolute atomic E-state index is 12.8. The first-order chi connectivity index (χ1) is 9.56. The largest absolute Gasteiger partial charge is 0.352 e. The lowest BCUT2D eigenvalue weighted by atomic mass is 10.1. The van der Waals surface area contributed by atoms with Gasteiger partial charge in [-0.1, -0.05) is 28.1 Å². The zero-order chi connectivity index (χ0) is 14.5. The predicted molar refractivity (Wildman–Crippen MR) is 83.8 cm³/mol. The molecule has 0 heterocycles. The molecule has 5 heteroatoms. The van der Waals surface area contributed by atoms with Crippen molar-refractivity contribution in [2.45, 2.75) is 11.3 Å². The second-order valence-electron chi connectivity index (χ2n) is 4.29. The monoisotopic (exact) mass is 353 g/mol. The highest BCUT2D eigenvalue weighted by atomic mass is 79.9. The summed E-state index contributed by atoms with van der Waals surface area (Å²) >= 11 is 7.60. The Balaban J connectivity index is 1.90. The molecule has 0 aliphatic rings. The van der Waals surface area contributed by atoms with Crippen molar-refractivity contribution in [1.82, 2.24) is 5.32 Å². The number of hydrogen-bond donors (Lipinski definition) is 2. The van der Waals surface area contributed by atoms with Gasteiger partial charge in [0.1, 0.15) is 5.82 Å². The van der Waals surface area contributed by atoms with Crippen LogP contribution in [-0.2, 0) is 6.42 Å². The quantitative estimate of drug-likeness (QED) is 0.803. The molecule has 2 nitrogen and oxygen atoms in total. The van der Waals surface area contributed by atoms with E-state index in [1.54, 1.807) is 30.3 Å². The van der Waals surface area contributed by atoms with Crippen LogP contribution in [0.3, 0.4) is 0 Å². The van der Waals surface area contributed by atoms with Crippen LogP contribution >= 0.6 is 28.6 Å². The van der Waals surface area contributed by atoms with Crippen LogP contribution in [0.1, 0.15) is 15.9 Å². The molecule has 2 rings (SSSR count). The Morgan fingerprint density at radius 2 is 1.90 bits per heavy atom. The Labute approximate surface area is 130 Å². The van der Waals surface area contributed by atoms with E-state index in [1.807, 2.05) is 0 Å². The highest BCUT2D eigenvalue weighted by Crippen LogP contribution is 2.19. The number of halogens is 2. The maximum atomic E-state index is 12.8. The first-order valence-electron chi connectivity index (χ1n) is 6.07. The zero-order valence-corrected chi connectivity index (χ0v) is 13.0. The molecule has 1 N–H and O–H groups in total. The summed E-state index contributed by atoms with van der Waals surface area (Å²) in [6, 6.07) is 11.6. The first-order valence-corrected chi connectivity index (χ1v) is 7.31. The number of nitrogens with one attached hydrogen (secondary N) is 1. The molecule has 0 bridgehead atoms. The van der Waals surface area contributed by atoms with Gasteiger partial charge in [0.05, 0.1) is 5.56 Å². The van der Waals surface area contributed by atoms with Crippen LogP contribution in [0, 0.1) is 5.82 Å². The van der Waals surface area contributed by atoms with Gasteiger partial charge in [-0.3, -0.25) is 4.79 Å². The van der Waals surface area contributed by atoms with Gasteiger partial charge < -0.3 is 5.32 Å². The molecular formula is C15H13BrFNOS. The summed E-state index contributed by atoms with van der Waals surface area (Å²) in [5, 5.41) is 2.83. The third kappa shape index (κ3) is 4.08. The molecule has 0 spiro atoms. The fourth-order valence-electron chi connectivity index (χ4n) is 1.76. The van der Waals surface area contributed by atoms with Gasteiger partial charge >= 0.3 is 0 Å². The van der Waals surface area contributed by atoms with E-state index < -0.39 is 0 Å². The minimum Gasteiger partial charge on any atom is -0.352 e. The number of rotatable bonds is 4. The number of amides is 1. The molecule has 0 radical (unpaired) electrons. The van der Waals surface area contributed by atoms with E-state index >= 15 is 0 Å². The molecule has 2 aromatic rings. The van der Waals surface area contributed by atoms with Crippen molar-refractivity contribution in [2.75, 3.05) is 6.54 Å². The van der Waals surface area contributed by atoms with Crippen molar-refractivity contribution in [1.29, 1.82) is 0 Å². The van der Waals surface area contributed by atoms with E-state index in [-0.39, 0.29) is 11.7 Å². The number of hydrogen-bond acceptors (Lipinski definition) is 2. The van der Waals surface area contributed by atoms with E-state index in [4.69, 9.17) is 0 Å². The Morgan fingerprint density at radius 1 is 1.20 bits per heavy atom. The number of carbonyl (C=O) groups is 1. The van der Waals surface area contributed by atoms with Crippen molar-refractivity contribution in [3.63, 3.8) is 0 Å². The van der Waals surface area contributed by atoms with Crippen molar-refractivity contribution in [3.8, 4) is 0 Å². The Morgan fingerprint density at radius 3 is 2.55 bits per heavy atom. The third-order valence-corrected chi connectivity index (χ3v) is 3.68. The summed E-state index contributed by atoms with van der Waals surface area (Å²) < 4.78 is 13.6. The van der Waals surface area contributed by atoms with Gasteiger partial charge in [0, 0.05) is 15.9 Å². The van der Waals surface area contributed by atoms with E-state index in [2.05, 4.69) is 33.9 Å². The van der Waals surface area contributed by atoms with Crippen LogP contribution in [0.25, 0.3) is 0 Å². The summed E-state index contributed by atoms with van der Waals surface area (Å²) in [5.41, 5.74) is 1.52. The summed E-state index contributed by atoms with van der Waals surface area (Å²) in [4.78, 5) is 12.6. The predicted octanol–water partition coefficient (Wildman–Crippen LogP) is 3.85. The summed E-state index contributed by atoms with van der Waals surface area (Å²) in [7, 11) is 0. The molecular weight excluding hydrogens is 341 g/mol. The van der Waals surface area contributed by atoms with Gasteiger partial charge in [0.25, 0.3) is 5.91 Å². The summed E-state index contributed by atoms with van der Waals surface area (Å²) in [6.07, 6.45) is 0.657. The molecule has 1 amide bonds. The zero-order valence-electron chi connectivity index (χ0n) is 10.6. The highest BCUT2D eigenvalue weighted by molar-refractivity contribution is 9.10. The molecule has 0 saturated heterocycles. The van der Waals surface area contributed by atoms with Crippen LogP contribution in [0.4, 0.5) is 4.39 Å². The molecule has 0 aliphatic heterocycles. The fraction of sp³-hybridized carbons (Fsp3) is 0.133. The van der Waals surface area contributed by atoms with E-state index in [0.29, 0.717) is 23.4 Å². The van der Waals surface area contributed by atoms with Crippen LogP contribution in [-0.4, -0.2) is 12.5 Å². The minimum atomic E-state index is -0.257. The molecule has 2 aromatic carbocycles. The number of benzene rings is 2. The smallest absolute Gasteiger partial charge is 0.252 e. The van der Waals surface area contributed by atoms with Crippen molar-refractivity contribution < 1.29 is 9.18 Å². The minimum absolute atomic E-state index is 0.162. The first kappa shape index (κ1) is 15.1. The van der Waals surface area contributed by atoms with Gasteiger partial charge in [-0.2, -0.15) is 0 Å². The second kappa shape index (κ2) is 6.90. The summed E-state index contributed by atoms with van der Waals surface area (Å²) in [6.45, 7) is 0.494. The summed E-state index contributed by atoms with van der Waals surface area (Å²) in [5.74, 6) is -0.419. The lowest BCUT2D eigenvalue weighted by Crippen LogP contribution is -2.26. The highest BCUT2D eigenvalue weighted by Gasteiger charge is 2.09. The lowest BCUT2D eigenvalue weighted by Gasteiger charge is -2.07. The van der Waals surface area contributed by atoms with Crippen molar-refractivity contribution in [2.24, 2.45) is 0 Å². The van der Waals surface area contributed by atoms with E-state index in [1.165, 1.54) is 12.1 Å². The number of thiol groups is 1. The van der Waals surface area contributed by atoms with Gasteiger partial charge in [0.15, 0.2) is 0 Å². The van der Waals surface area contributed by atoms with Crippen LogP contribution in [0.2, 0.25) is 0 Å². The Kier molecular flexibility index (Phi) is 5.20. The molecule has 0 atom stereocenters. The molecule has 20 heavy (non-hydrogen) atoms. The molecule has 104 valence electrons. The molecule has 0 fully saturated rings. The molecule has 0 aromatic heterocycles. The van der Waals surface area contributed by atoms with E-state index in [0.717, 1.165) is 10.0 Å². The second-order valence-corrected chi connectivity index (χ2v) is 5.69. The lowest BCUT2D eigenvalue weighted by molar-refractivity contribution is 0.0951. The van der Waals surface area contributed by atoms with E-state index in [9.17, 15) is 9.18 Å². The topological polar surface area (TPSA) is 29.1 Å². The molecule has 0 unspecified atom stereocenters. The van der Waals surface area contributed by atoms with Crippen molar-refractivity contribution >= 4 is 34.5 Å². The Bertz CT molecular complexity index is 616. The van der Waals surface area contributed by atoms with Crippen LogP contribution < -0.4 is 5.32 Å². The Hall–Kier alpha value is -1.33. The van der Waals surface area contributed by atoms with Crippen LogP contribution in [0.15, 0.2) is 51.8 Å². The third-order valence-electron chi connectivity index (χ3n) is 2.82.